The van der Waals surface area contributed by atoms with Crippen LogP contribution in [0, 0.1) is 5.92 Å². The van der Waals surface area contributed by atoms with E-state index in [1.54, 1.807) is 0 Å². The van der Waals surface area contributed by atoms with Crippen molar-refractivity contribution in [2.75, 3.05) is 13.2 Å². The molecule has 2 aliphatic rings. The summed E-state index contributed by atoms with van der Waals surface area (Å²) in [5.74, 6) is -1.89. The molecule has 4 rings (SSSR count). The summed E-state index contributed by atoms with van der Waals surface area (Å²) in [5, 5.41) is 11.4. The second-order valence-electron chi connectivity index (χ2n) is 7.83. The average molecular weight is 424 g/mol. The molecular formula is C23H24N2O6. The van der Waals surface area contributed by atoms with E-state index in [0.717, 1.165) is 11.1 Å². The minimum atomic E-state index is -1.17. The fraction of sp³-hybridized carbons (Fsp3) is 0.348. The molecular weight excluding hydrogens is 400 g/mol. The van der Waals surface area contributed by atoms with E-state index in [9.17, 15) is 14.4 Å². The zero-order valence-electron chi connectivity index (χ0n) is 16.9. The molecule has 0 radical (unpaired) electrons. The lowest BCUT2D eigenvalue weighted by atomic mass is 9.98. The van der Waals surface area contributed by atoms with Crippen LogP contribution in [0.1, 0.15) is 36.3 Å². The molecule has 0 aliphatic heterocycles. The van der Waals surface area contributed by atoms with E-state index in [1.807, 2.05) is 24.3 Å². The number of benzene rings is 2. The van der Waals surface area contributed by atoms with Gasteiger partial charge in [0.1, 0.15) is 6.61 Å². The summed E-state index contributed by atoms with van der Waals surface area (Å²) < 4.78 is 5.55. The highest BCUT2D eigenvalue weighted by atomic mass is 16.7. The Morgan fingerprint density at radius 3 is 2.26 bits per heavy atom. The van der Waals surface area contributed by atoms with Crippen molar-refractivity contribution in [2.24, 2.45) is 5.92 Å². The molecule has 0 aromatic heterocycles. The summed E-state index contributed by atoms with van der Waals surface area (Å²) in [7, 11) is 0. The number of amides is 2. The summed E-state index contributed by atoms with van der Waals surface area (Å²) in [6.45, 7) is -0.362. The first kappa shape index (κ1) is 20.9. The first-order chi connectivity index (χ1) is 15.0. The molecule has 8 nitrogen and oxygen atoms in total. The number of aliphatic carboxylic acids is 1. The van der Waals surface area contributed by atoms with Gasteiger partial charge in [-0.25, -0.2) is 15.1 Å². The molecule has 162 valence electrons. The number of fused-ring (bicyclic) bond motifs is 3. The first-order valence-electron chi connectivity index (χ1n) is 10.3. The van der Waals surface area contributed by atoms with Crippen LogP contribution in [0.4, 0.5) is 4.79 Å². The number of alkyl carbamates (subject to hydrolysis) is 1. The molecule has 2 amide bonds. The molecule has 0 bridgehead atoms. The fourth-order valence-electron chi connectivity index (χ4n) is 4.41. The molecule has 2 aliphatic carbocycles. The van der Waals surface area contributed by atoms with Crippen LogP contribution in [0.3, 0.4) is 0 Å². The van der Waals surface area contributed by atoms with Gasteiger partial charge in [0.2, 0.25) is 5.91 Å². The highest BCUT2D eigenvalue weighted by Gasteiger charge is 2.32. The van der Waals surface area contributed by atoms with E-state index < -0.39 is 18.7 Å². The van der Waals surface area contributed by atoms with Gasteiger partial charge in [0, 0.05) is 17.9 Å². The molecule has 8 heteroatoms. The summed E-state index contributed by atoms with van der Waals surface area (Å²) in [6.07, 6.45) is 1.17. The number of rotatable bonds is 7. The molecule has 31 heavy (non-hydrogen) atoms. The van der Waals surface area contributed by atoms with Gasteiger partial charge in [0.05, 0.1) is 0 Å². The van der Waals surface area contributed by atoms with Crippen molar-refractivity contribution >= 4 is 18.0 Å². The van der Waals surface area contributed by atoms with Crippen molar-refractivity contribution in [3.8, 4) is 11.1 Å². The Morgan fingerprint density at radius 1 is 0.968 bits per heavy atom. The third kappa shape index (κ3) is 4.69. The Balaban J connectivity index is 1.28. The van der Waals surface area contributed by atoms with Gasteiger partial charge in [-0.3, -0.25) is 9.63 Å². The average Bonchev–Trinajstić information content (AvgIpc) is 3.35. The number of carboxylic acids is 1. The van der Waals surface area contributed by atoms with Crippen LogP contribution < -0.4 is 10.8 Å². The first-order valence-corrected chi connectivity index (χ1v) is 10.3. The van der Waals surface area contributed by atoms with E-state index in [0.29, 0.717) is 19.3 Å². The number of carbonyl (C=O) groups is 3. The Morgan fingerprint density at radius 2 is 1.61 bits per heavy atom. The molecule has 0 unspecified atom stereocenters. The lowest BCUT2D eigenvalue weighted by Gasteiger charge is -2.17. The fourth-order valence-corrected chi connectivity index (χ4v) is 4.41. The van der Waals surface area contributed by atoms with Gasteiger partial charge in [-0.1, -0.05) is 48.5 Å². The van der Waals surface area contributed by atoms with E-state index in [1.165, 1.54) is 11.1 Å². The van der Waals surface area contributed by atoms with E-state index in [-0.39, 0.29) is 30.4 Å². The highest BCUT2D eigenvalue weighted by Crippen LogP contribution is 2.44. The van der Waals surface area contributed by atoms with Crippen LogP contribution >= 0.6 is 0 Å². The number of hydrogen-bond acceptors (Lipinski definition) is 5. The van der Waals surface area contributed by atoms with Gasteiger partial charge in [-0.2, -0.15) is 0 Å². The lowest BCUT2D eigenvalue weighted by molar-refractivity contribution is -0.150. The second-order valence-corrected chi connectivity index (χ2v) is 7.83. The molecule has 0 heterocycles. The van der Waals surface area contributed by atoms with E-state index in [4.69, 9.17) is 9.84 Å². The summed E-state index contributed by atoms with van der Waals surface area (Å²) in [6, 6.07) is 16.1. The largest absolute Gasteiger partial charge is 0.479 e. The Labute approximate surface area is 179 Å². The second kappa shape index (κ2) is 9.18. The third-order valence-electron chi connectivity index (χ3n) is 5.84. The minimum Gasteiger partial charge on any atom is -0.479 e. The van der Waals surface area contributed by atoms with Gasteiger partial charge in [-0.15, -0.1) is 0 Å². The van der Waals surface area contributed by atoms with Crippen molar-refractivity contribution in [1.82, 2.24) is 10.8 Å². The van der Waals surface area contributed by atoms with Crippen LogP contribution in [-0.2, 0) is 19.2 Å². The number of nitrogens with one attached hydrogen (secondary N) is 2. The van der Waals surface area contributed by atoms with Gasteiger partial charge < -0.3 is 15.2 Å². The summed E-state index contributed by atoms with van der Waals surface area (Å²) >= 11 is 0. The van der Waals surface area contributed by atoms with E-state index in [2.05, 4.69) is 39.9 Å². The standard InChI is InChI=1S/C23H24N2O6/c26-21(27)13-31-25-22(28)14-9-10-15(11-14)24-23(29)30-12-20-18-7-3-1-5-16(18)17-6-2-4-8-19(17)20/h1-8,14-15,20H,9-13H2,(H,24,29)(H,25,28)(H,26,27)/t14-,15+/m1/s1. The Hall–Kier alpha value is -3.39. The zero-order valence-corrected chi connectivity index (χ0v) is 16.9. The van der Waals surface area contributed by atoms with Crippen LogP contribution in [-0.4, -0.2) is 42.3 Å². The number of carbonyl (C=O) groups excluding carboxylic acids is 2. The minimum absolute atomic E-state index is 0.00774. The topological polar surface area (TPSA) is 114 Å². The van der Waals surface area contributed by atoms with Crippen LogP contribution in [0.15, 0.2) is 48.5 Å². The van der Waals surface area contributed by atoms with Gasteiger partial charge >= 0.3 is 12.1 Å². The number of ether oxygens (including phenoxy) is 1. The maximum Gasteiger partial charge on any atom is 0.407 e. The number of hydroxylamine groups is 1. The molecule has 1 fully saturated rings. The quantitative estimate of drug-likeness (QED) is 0.589. The lowest BCUT2D eigenvalue weighted by Crippen LogP contribution is -2.36. The monoisotopic (exact) mass is 424 g/mol. The molecule has 0 spiro atoms. The van der Waals surface area contributed by atoms with E-state index >= 15 is 0 Å². The number of hydrogen-bond donors (Lipinski definition) is 3. The Kier molecular flexibility index (Phi) is 6.18. The van der Waals surface area contributed by atoms with Crippen LogP contribution in [0.25, 0.3) is 11.1 Å². The molecule has 3 N–H and O–H groups in total. The maximum absolute atomic E-state index is 12.4. The number of carboxylic acid groups (broad SMARTS) is 1. The van der Waals surface area contributed by atoms with Crippen molar-refractivity contribution in [3.63, 3.8) is 0 Å². The Bertz CT molecular complexity index is 946. The van der Waals surface area contributed by atoms with Crippen molar-refractivity contribution < 1.29 is 29.1 Å². The van der Waals surface area contributed by atoms with Crippen molar-refractivity contribution in [3.05, 3.63) is 59.7 Å². The van der Waals surface area contributed by atoms with Crippen molar-refractivity contribution in [2.45, 2.75) is 31.2 Å². The predicted octanol–water partition coefficient (Wildman–Crippen LogP) is 2.83. The van der Waals surface area contributed by atoms with Crippen LogP contribution in [0.5, 0.6) is 0 Å². The molecule has 2 aromatic carbocycles. The zero-order chi connectivity index (χ0) is 21.8. The molecule has 2 atom stereocenters. The van der Waals surface area contributed by atoms with Gasteiger partial charge in [-0.05, 0) is 41.5 Å². The maximum atomic E-state index is 12.4. The summed E-state index contributed by atoms with van der Waals surface area (Å²) in [5.41, 5.74) is 6.78. The third-order valence-corrected chi connectivity index (χ3v) is 5.84. The highest BCUT2D eigenvalue weighted by molar-refractivity contribution is 5.79. The SMILES string of the molecule is O=C(O)CONC(=O)[C@@H]1CC[C@H](NC(=O)OCC2c3ccccc3-c3ccccc32)C1. The smallest absolute Gasteiger partial charge is 0.407 e. The van der Waals surface area contributed by atoms with Gasteiger partial charge in [0.25, 0.3) is 0 Å². The summed E-state index contributed by atoms with van der Waals surface area (Å²) in [4.78, 5) is 39.5. The normalized spacial score (nSPS) is 19.4. The van der Waals surface area contributed by atoms with Gasteiger partial charge in [0.15, 0.2) is 6.61 Å². The van der Waals surface area contributed by atoms with Crippen molar-refractivity contribution in [1.29, 1.82) is 0 Å². The van der Waals surface area contributed by atoms with Crippen LogP contribution in [0.2, 0.25) is 0 Å². The molecule has 0 saturated heterocycles. The molecule has 2 aromatic rings. The molecule has 1 saturated carbocycles. The predicted molar refractivity (Wildman–Crippen MR) is 111 cm³/mol.